The monoisotopic (exact) mass is 392 g/mol. The van der Waals surface area contributed by atoms with Crippen molar-refractivity contribution in [3.05, 3.63) is 28.8 Å². The van der Waals surface area contributed by atoms with Crippen LogP contribution in [0.5, 0.6) is 5.75 Å². The number of halogens is 7. The van der Waals surface area contributed by atoms with E-state index < -0.39 is 22.6 Å². The van der Waals surface area contributed by atoms with Crippen LogP contribution >= 0.6 is 15.9 Å². The van der Waals surface area contributed by atoms with E-state index in [0.717, 1.165) is 0 Å². The second kappa shape index (κ2) is 5.75. The number of ether oxygens (including phenoxy) is 1. The molecule has 0 aliphatic rings. The minimum Gasteiger partial charge on any atom is -0.424 e. The Morgan fingerprint density at radius 2 is 1.36 bits per heavy atom. The van der Waals surface area contributed by atoms with E-state index in [2.05, 4.69) is 4.74 Å². The van der Waals surface area contributed by atoms with Crippen molar-refractivity contribution in [1.29, 1.82) is 0 Å². The minimum absolute atomic E-state index is 0.246. The quantitative estimate of drug-likeness (QED) is 0.313. The highest BCUT2D eigenvalue weighted by atomic mass is 79.9. The average molecular weight is 393 g/mol. The molecule has 0 saturated carbocycles. The summed E-state index contributed by atoms with van der Waals surface area (Å²) in [4.78, 5) is 11.6. The zero-order chi connectivity index (χ0) is 17.5. The van der Waals surface area contributed by atoms with E-state index in [1.807, 2.05) is 0 Å². The maximum absolute atomic E-state index is 12.8. The third kappa shape index (κ3) is 3.09. The molecule has 0 unspecified atom stereocenters. The molecule has 2 nitrogen and oxygen atoms in total. The molecular formula is C13H11BrF6O2. The van der Waals surface area contributed by atoms with Gasteiger partial charge < -0.3 is 4.74 Å². The summed E-state index contributed by atoms with van der Waals surface area (Å²) >= 11 is 1.49. The van der Waals surface area contributed by atoms with Crippen molar-refractivity contribution in [2.45, 2.75) is 37.4 Å². The number of esters is 1. The standard InChI is InChI=1S/C13H11BrF6O2/c1-6-4-5-7(2)9(8(6)3)22-10(21)11(14,12(15,16)17)13(18,19)20/h4-5H,1-3H3. The number of alkyl halides is 7. The zero-order valence-corrected chi connectivity index (χ0v) is 13.2. The maximum Gasteiger partial charge on any atom is 0.423 e. The number of hydrogen-bond acceptors (Lipinski definition) is 2. The zero-order valence-electron chi connectivity index (χ0n) is 11.6. The Labute approximate surface area is 130 Å². The largest absolute Gasteiger partial charge is 0.424 e. The lowest BCUT2D eigenvalue weighted by molar-refractivity contribution is -0.259. The fourth-order valence-corrected chi connectivity index (χ4v) is 1.72. The molecule has 1 aromatic rings. The van der Waals surface area contributed by atoms with Crippen molar-refractivity contribution in [2.75, 3.05) is 0 Å². The van der Waals surface area contributed by atoms with Gasteiger partial charge in [0.05, 0.1) is 0 Å². The molecule has 124 valence electrons. The van der Waals surface area contributed by atoms with E-state index in [-0.39, 0.29) is 16.9 Å². The van der Waals surface area contributed by atoms with Crippen molar-refractivity contribution in [3.8, 4) is 5.75 Å². The van der Waals surface area contributed by atoms with Gasteiger partial charge in [0.25, 0.3) is 0 Å². The summed E-state index contributed by atoms with van der Waals surface area (Å²) in [6.45, 7) is 4.43. The highest BCUT2D eigenvalue weighted by molar-refractivity contribution is 9.10. The lowest BCUT2D eigenvalue weighted by Gasteiger charge is -2.30. The Kier molecular flexibility index (Phi) is 4.91. The van der Waals surface area contributed by atoms with Crippen molar-refractivity contribution >= 4 is 21.9 Å². The van der Waals surface area contributed by atoms with Gasteiger partial charge in [0, 0.05) is 0 Å². The number of hydrogen-bond donors (Lipinski definition) is 0. The molecule has 1 rings (SSSR count). The Bertz CT molecular complexity index is 577. The van der Waals surface area contributed by atoms with Gasteiger partial charge in [-0.05, 0) is 37.5 Å². The number of aryl methyl sites for hydroxylation is 2. The number of benzene rings is 1. The molecule has 22 heavy (non-hydrogen) atoms. The van der Waals surface area contributed by atoms with Gasteiger partial charge in [-0.15, -0.1) is 0 Å². The third-order valence-electron chi connectivity index (χ3n) is 3.13. The summed E-state index contributed by atoms with van der Waals surface area (Å²) in [6.07, 6.45) is -11.8. The van der Waals surface area contributed by atoms with E-state index in [1.54, 1.807) is 13.0 Å². The molecule has 0 atom stereocenters. The summed E-state index contributed by atoms with van der Waals surface area (Å²) in [5, 5.41) is 0. The molecule has 0 aliphatic carbocycles. The molecule has 0 N–H and O–H groups in total. The van der Waals surface area contributed by atoms with Crippen LogP contribution < -0.4 is 4.74 Å². The van der Waals surface area contributed by atoms with Gasteiger partial charge >= 0.3 is 22.6 Å². The first-order valence-electron chi connectivity index (χ1n) is 5.85. The molecule has 0 aromatic heterocycles. The van der Waals surface area contributed by atoms with Crippen LogP contribution in [0.2, 0.25) is 0 Å². The van der Waals surface area contributed by atoms with Crippen molar-refractivity contribution in [2.24, 2.45) is 0 Å². The summed E-state index contributed by atoms with van der Waals surface area (Å²) in [6, 6.07) is 3.04. The molecule has 9 heteroatoms. The average Bonchev–Trinajstić information content (AvgIpc) is 2.35. The van der Waals surface area contributed by atoms with Crippen LogP contribution in [-0.4, -0.2) is 22.6 Å². The summed E-state index contributed by atoms with van der Waals surface area (Å²) in [5.41, 5.74) is 1.09. The lowest BCUT2D eigenvalue weighted by Crippen LogP contribution is -2.59. The Morgan fingerprint density at radius 1 is 0.955 bits per heavy atom. The van der Waals surface area contributed by atoms with E-state index >= 15 is 0 Å². The number of rotatable bonds is 2. The Morgan fingerprint density at radius 3 is 1.77 bits per heavy atom. The first-order chi connectivity index (χ1) is 9.73. The Balaban J connectivity index is 3.34. The van der Waals surface area contributed by atoms with Crippen molar-refractivity contribution in [1.82, 2.24) is 0 Å². The molecule has 0 saturated heterocycles. The third-order valence-corrected chi connectivity index (χ3v) is 4.35. The normalized spacial score (nSPS) is 13.2. The SMILES string of the molecule is Cc1ccc(C)c(OC(=O)C(Br)(C(F)(F)F)C(F)(F)F)c1C. The summed E-state index contributed by atoms with van der Waals surface area (Å²) < 4.78 is 76.3. The molecule has 0 aliphatic heterocycles. The predicted molar refractivity (Wildman–Crippen MR) is 70.1 cm³/mol. The minimum atomic E-state index is -5.91. The first-order valence-corrected chi connectivity index (χ1v) is 6.64. The van der Waals surface area contributed by atoms with Gasteiger partial charge in [0.2, 0.25) is 0 Å². The van der Waals surface area contributed by atoms with Gasteiger partial charge in [-0.25, -0.2) is 4.79 Å². The molecule has 0 radical (unpaired) electrons. The highest BCUT2D eigenvalue weighted by Crippen LogP contribution is 2.50. The smallest absolute Gasteiger partial charge is 0.423 e. The van der Waals surface area contributed by atoms with Gasteiger partial charge in [-0.3, -0.25) is 0 Å². The van der Waals surface area contributed by atoms with Gasteiger partial charge in [-0.2, -0.15) is 26.3 Å². The van der Waals surface area contributed by atoms with E-state index in [9.17, 15) is 31.1 Å². The van der Waals surface area contributed by atoms with E-state index in [4.69, 9.17) is 0 Å². The van der Waals surface area contributed by atoms with Crippen LogP contribution in [0.15, 0.2) is 12.1 Å². The molecule has 0 bridgehead atoms. The predicted octanol–water partition coefficient (Wildman–Crippen LogP) is 4.78. The topological polar surface area (TPSA) is 26.3 Å². The van der Waals surface area contributed by atoms with Crippen LogP contribution in [0.3, 0.4) is 0 Å². The number of carbonyl (C=O) groups is 1. The van der Waals surface area contributed by atoms with Crippen LogP contribution in [0.25, 0.3) is 0 Å². The highest BCUT2D eigenvalue weighted by Gasteiger charge is 2.76. The summed E-state index contributed by atoms with van der Waals surface area (Å²) in [7, 11) is 0. The molecule has 1 aromatic carbocycles. The molecule has 0 heterocycles. The maximum atomic E-state index is 12.8. The van der Waals surface area contributed by atoms with E-state index in [0.29, 0.717) is 5.56 Å². The second-order valence-electron chi connectivity index (χ2n) is 4.70. The van der Waals surface area contributed by atoms with Crippen LogP contribution in [0.1, 0.15) is 16.7 Å². The Hall–Kier alpha value is -1.25. The lowest BCUT2D eigenvalue weighted by atomic mass is 10.0. The summed E-state index contributed by atoms with van der Waals surface area (Å²) in [5.74, 6) is -2.80. The van der Waals surface area contributed by atoms with Crippen LogP contribution in [-0.2, 0) is 4.79 Å². The van der Waals surface area contributed by atoms with Crippen LogP contribution in [0, 0.1) is 20.8 Å². The van der Waals surface area contributed by atoms with Gasteiger partial charge in [0.1, 0.15) is 5.75 Å². The molecule has 0 spiro atoms. The van der Waals surface area contributed by atoms with Crippen molar-refractivity contribution in [3.63, 3.8) is 0 Å². The number of carbonyl (C=O) groups excluding carboxylic acids is 1. The molecule has 0 amide bonds. The molecular weight excluding hydrogens is 382 g/mol. The van der Waals surface area contributed by atoms with Crippen LogP contribution in [0.4, 0.5) is 26.3 Å². The second-order valence-corrected chi connectivity index (χ2v) is 5.89. The van der Waals surface area contributed by atoms with Gasteiger partial charge in [0.15, 0.2) is 0 Å². The van der Waals surface area contributed by atoms with E-state index in [1.165, 1.54) is 35.8 Å². The first kappa shape index (κ1) is 18.8. The fourth-order valence-electron chi connectivity index (χ4n) is 1.64. The van der Waals surface area contributed by atoms with Crippen molar-refractivity contribution < 1.29 is 35.9 Å². The molecule has 0 fully saturated rings. The fraction of sp³-hybridized carbons (Fsp3) is 0.462. The van der Waals surface area contributed by atoms with Gasteiger partial charge in [-0.1, -0.05) is 28.1 Å².